The van der Waals surface area contributed by atoms with Crippen LogP contribution in [0.2, 0.25) is 10.0 Å². The Labute approximate surface area is 132 Å². The molecule has 1 aromatic carbocycles. The highest BCUT2D eigenvalue weighted by Crippen LogP contribution is 2.66. The molecule has 3 heteroatoms. The van der Waals surface area contributed by atoms with Crippen LogP contribution in [0.25, 0.3) is 0 Å². The van der Waals surface area contributed by atoms with Gasteiger partial charge in [-0.25, -0.2) is 0 Å². The Balaban J connectivity index is 1.89. The Morgan fingerprint density at radius 2 is 1.85 bits per heavy atom. The second kappa shape index (κ2) is 4.55. The van der Waals surface area contributed by atoms with Crippen molar-refractivity contribution in [2.45, 2.75) is 53.0 Å². The zero-order chi connectivity index (χ0) is 14.7. The summed E-state index contributed by atoms with van der Waals surface area (Å²) in [5, 5.41) is 5.24. The van der Waals surface area contributed by atoms with Gasteiger partial charge in [-0.05, 0) is 60.6 Å². The molecule has 0 saturated heterocycles. The molecule has 110 valence electrons. The van der Waals surface area contributed by atoms with Gasteiger partial charge in [-0.2, -0.15) is 0 Å². The molecule has 2 saturated carbocycles. The van der Waals surface area contributed by atoms with E-state index >= 15 is 0 Å². The molecule has 0 aromatic heterocycles. The smallest absolute Gasteiger partial charge is 0.0641 e. The molecule has 0 radical (unpaired) electrons. The van der Waals surface area contributed by atoms with Gasteiger partial charge in [0.1, 0.15) is 0 Å². The van der Waals surface area contributed by atoms with Crippen LogP contribution in [0.15, 0.2) is 12.1 Å². The van der Waals surface area contributed by atoms with Gasteiger partial charge in [-0.15, -0.1) is 0 Å². The molecule has 2 aliphatic rings. The van der Waals surface area contributed by atoms with Crippen LogP contribution in [0.3, 0.4) is 0 Å². The molecule has 3 atom stereocenters. The van der Waals surface area contributed by atoms with E-state index in [1.807, 2.05) is 19.1 Å². The predicted octanol–water partition coefficient (Wildman–Crippen LogP) is 5.93. The van der Waals surface area contributed by atoms with Crippen LogP contribution >= 0.6 is 23.2 Å². The van der Waals surface area contributed by atoms with E-state index in [1.54, 1.807) is 0 Å². The highest BCUT2D eigenvalue weighted by Gasteiger charge is 2.61. The van der Waals surface area contributed by atoms with Crippen molar-refractivity contribution in [2.24, 2.45) is 16.7 Å². The molecule has 20 heavy (non-hydrogen) atoms. The highest BCUT2D eigenvalue weighted by molar-refractivity contribution is 6.35. The first-order valence-corrected chi connectivity index (χ1v) is 8.23. The minimum Gasteiger partial charge on any atom is -0.380 e. The van der Waals surface area contributed by atoms with Crippen LogP contribution in [0.4, 0.5) is 5.69 Å². The maximum atomic E-state index is 6.38. The first-order valence-electron chi connectivity index (χ1n) is 7.48. The minimum atomic E-state index is 0.346. The molecule has 1 N–H and O–H groups in total. The van der Waals surface area contributed by atoms with Crippen LogP contribution in [0, 0.1) is 23.7 Å². The Bertz CT molecular complexity index is 552. The molecular formula is C17H23Cl2N. The van der Waals surface area contributed by atoms with E-state index in [1.165, 1.54) is 19.3 Å². The van der Waals surface area contributed by atoms with Gasteiger partial charge in [0, 0.05) is 11.1 Å². The highest BCUT2D eigenvalue weighted by atomic mass is 35.5. The van der Waals surface area contributed by atoms with Gasteiger partial charge in [-0.1, -0.05) is 44.0 Å². The van der Waals surface area contributed by atoms with Gasteiger partial charge in [0.05, 0.1) is 10.7 Å². The third-order valence-electron chi connectivity index (χ3n) is 6.37. The van der Waals surface area contributed by atoms with E-state index < -0.39 is 0 Å². The zero-order valence-electron chi connectivity index (χ0n) is 12.7. The summed E-state index contributed by atoms with van der Waals surface area (Å²) < 4.78 is 0. The fourth-order valence-electron chi connectivity index (χ4n) is 4.37. The third kappa shape index (κ3) is 1.89. The molecular weight excluding hydrogens is 289 g/mol. The molecule has 1 nitrogen and oxygen atoms in total. The summed E-state index contributed by atoms with van der Waals surface area (Å²) in [4.78, 5) is 0. The van der Waals surface area contributed by atoms with Crippen molar-refractivity contribution in [1.82, 2.24) is 0 Å². The summed E-state index contributed by atoms with van der Waals surface area (Å²) in [7, 11) is 0. The van der Waals surface area contributed by atoms with E-state index in [0.717, 1.165) is 27.2 Å². The van der Waals surface area contributed by atoms with E-state index in [0.29, 0.717) is 16.9 Å². The van der Waals surface area contributed by atoms with Crippen LogP contribution in [-0.2, 0) is 0 Å². The Morgan fingerprint density at radius 3 is 2.40 bits per heavy atom. The SMILES string of the molecule is Cc1cc(Cl)c(NC2CC3CCC2(C)C3(C)C)cc1Cl. The monoisotopic (exact) mass is 311 g/mol. The van der Waals surface area contributed by atoms with Crippen molar-refractivity contribution < 1.29 is 0 Å². The molecule has 0 spiro atoms. The van der Waals surface area contributed by atoms with Gasteiger partial charge < -0.3 is 5.32 Å². The number of anilines is 1. The molecule has 3 unspecified atom stereocenters. The molecule has 0 aliphatic heterocycles. The second-order valence-corrected chi connectivity index (χ2v) is 8.20. The van der Waals surface area contributed by atoms with Crippen molar-refractivity contribution >= 4 is 28.9 Å². The number of halogens is 2. The molecule has 1 aromatic rings. The molecule has 0 heterocycles. The van der Waals surface area contributed by atoms with Crippen LogP contribution in [0.5, 0.6) is 0 Å². The van der Waals surface area contributed by atoms with Crippen molar-refractivity contribution in [2.75, 3.05) is 5.32 Å². The maximum Gasteiger partial charge on any atom is 0.0641 e. The first kappa shape index (κ1) is 14.5. The normalized spacial score (nSPS) is 34.5. The molecule has 0 amide bonds. The van der Waals surface area contributed by atoms with Crippen molar-refractivity contribution in [3.63, 3.8) is 0 Å². The van der Waals surface area contributed by atoms with Crippen molar-refractivity contribution in [1.29, 1.82) is 0 Å². The summed E-state index contributed by atoms with van der Waals surface area (Å²) >= 11 is 12.6. The van der Waals surface area contributed by atoms with Crippen LogP contribution in [-0.4, -0.2) is 6.04 Å². The Morgan fingerprint density at radius 1 is 1.15 bits per heavy atom. The number of benzene rings is 1. The van der Waals surface area contributed by atoms with Gasteiger partial charge in [0.2, 0.25) is 0 Å². The fraction of sp³-hybridized carbons (Fsp3) is 0.647. The Hall–Kier alpha value is -0.400. The molecule has 3 rings (SSSR count). The lowest BCUT2D eigenvalue weighted by atomic mass is 9.69. The molecule has 2 fully saturated rings. The van der Waals surface area contributed by atoms with Gasteiger partial charge >= 0.3 is 0 Å². The number of nitrogens with one attached hydrogen (secondary N) is 1. The molecule has 2 bridgehead atoms. The summed E-state index contributed by atoms with van der Waals surface area (Å²) in [5.41, 5.74) is 2.77. The average molecular weight is 312 g/mol. The van der Waals surface area contributed by atoms with E-state index in [2.05, 4.69) is 26.1 Å². The quantitative estimate of drug-likeness (QED) is 0.714. The average Bonchev–Trinajstić information content (AvgIpc) is 2.69. The summed E-state index contributed by atoms with van der Waals surface area (Å²) in [6.45, 7) is 9.27. The van der Waals surface area contributed by atoms with E-state index in [9.17, 15) is 0 Å². The topological polar surface area (TPSA) is 12.0 Å². The predicted molar refractivity (Wildman–Crippen MR) is 87.8 cm³/mol. The minimum absolute atomic E-state index is 0.346. The number of fused-ring (bicyclic) bond motifs is 2. The summed E-state index contributed by atoms with van der Waals surface area (Å²) in [6.07, 6.45) is 3.91. The zero-order valence-corrected chi connectivity index (χ0v) is 14.2. The fourth-order valence-corrected chi connectivity index (χ4v) is 4.80. The van der Waals surface area contributed by atoms with Crippen molar-refractivity contribution in [3.05, 3.63) is 27.7 Å². The standard InChI is InChI=1S/C17H23Cl2N/c1-10-7-13(19)14(9-12(10)18)20-15-8-11-5-6-17(15,4)16(11,2)3/h7,9,11,15,20H,5-6,8H2,1-4H3. The number of hydrogen-bond acceptors (Lipinski definition) is 1. The maximum absolute atomic E-state index is 6.38. The van der Waals surface area contributed by atoms with Crippen LogP contribution in [0.1, 0.15) is 45.6 Å². The largest absolute Gasteiger partial charge is 0.380 e. The lowest BCUT2D eigenvalue weighted by Gasteiger charge is -2.40. The third-order valence-corrected chi connectivity index (χ3v) is 7.09. The van der Waals surface area contributed by atoms with E-state index in [-0.39, 0.29) is 0 Å². The molecule has 2 aliphatic carbocycles. The van der Waals surface area contributed by atoms with Gasteiger partial charge in [0.15, 0.2) is 0 Å². The lowest BCUT2D eigenvalue weighted by molar-refractivity contribution is 0.142. The number of rotatable bonds is 2. The summed E-state index contributed by atoms with van der Waals surface area (Å²) in [5.74, 6) is 0.824. The van der Waals surface area contributed by atoms with E-state index in [4.69, 9.17) is 23.2 Å². The Kier molecular flexibility index (Phi) is 3.30. The van der Waals surface area contributed by atoms with Crippen molar-refractivity contribution in [3.8, 4) is 0 Å². The van der Waals surface area contributed by atoms with Crippen LogP contribution < -0.4 is 5.32 Å². The number of hydrogen-bond donors (Lipinski definition) is 1. The lowest BCUT2D eigenvalue weighted by Crippen LogP contribution is -2.40. The van der Waals surface area contributed by atoms with Gasteiger partial charge in [0.25, 0.3) is 0 Å². The second-order valence-electron chi connectivity index (χ2n) is 7.39. The summed E-state index contributed by atoms with van der Waals surface area (Å²) in [6, 6.07) is 4.42. The first-order chi connectivity index (χ1) is 9.25. The van der Waals surface area contributed by atoms with Gasteiger partial charge in [-0.3, -0.25) is 0 Å². The number of aryl methyl sites for hydroxylation is 1.